The van der Waals surface area contributed by atoms with Gasteiger partial charge in [-0.1, -0.05) is 24.3 Å². The molecule has 38 heavy (non-hydrogen) atoms. The van der Waals surface area contributed by atoms with Crippen LogP contribution >= 0.6 is 0 Å². The molecule has 5 aromatic rings. The van der Waals surface area contributed by atoms with E-state index in [0.717, 1.165) is 59.5 Å². The van der Waals surface area contributed by atoms with Crippen LogP contribution in [0.15, 0.2) is 71.7 Å². The lowest BCUT2D eigenvalue weighted by Crippen LogP contribution is -2.48. The third kappa shape index (κ3) is 4.52. The fourth-order valence-corrected chi connectivity index (χ4v) is 5.35. The number of imidazole rings is 1. The fraction of sp³-hybridized carbons (Fsp3) is 0.300. The van der Waals surface area contributed by atoms with Gasteiger partial charge in [0.2, 0.25) is 0 Å². The molecule has 0 saturated carbocycles. The van der Waals surface area contributed by atoms with Gasteiger partial charge in [0.1, 0.15) is 11.4 Å². The molecule has 194 valence electrons. The molecule has 3 N–H and O–H groups in total. The van der Waals surface area contributed by atoms with Gasteiger partial charge in [-0.25, -0.2) is 4.98 Å². The number of pyridine rings is 2. The van der Waals surface area contributed by atoms with E-state index in [1.807, 2.05) is 55.5 Å². The maximum atomic E-state index is 13.5. The maximum Gasteiger partial charge on any atom is 0.261 e. The van der Waals surface area contributed by atoms with Crippen LogP contribution in [-0.4, -0.2) is 57.1 Å². The minimum Gasteiger partial charge on any atom is -0.376 e. The topological polar surface area (TPSA) is 92.9 Å². The Balaban J connectivity index is 1.40. The quantitative estimate of drug-likeness (QED) is 0.294. The highest BCUT2D eigenvalue weighted by Gasteiger charge is 2.22. The molecular weight excluding hydrogens is 474 g/mol. The smallest absolute Gasteiger partial charge is 0.261 e. The number of piperazine rings is 1. The number of nitrogens with zero attached hydrogens (tertiary/aromatic N) is 4. The number of hydrogen-bond donors (Lipinski definition) is 3. The van der Waals surface area contributed by atoms with Gasteiger partial charge in [0.15, 0.2) is 0 Å². The number of aromatic amines is 2. The van der Waals surface area contributed by atoms with Crippen LogP contribution in [0.4, 0.5) is 11.4 Å². The van der Waals surface area contributed by atoms with Gasteiger partial charge >= 0.3 is 0 Å². The zero-order chi connectivity index (χ0) is 26.2. The van der Waals surface area contributed by atoms with E-state index in [9.17, 15) is 4.79 Å². The average molecular weight is 508 g/mol. The van der Waals surface area contributed by atoms with Gasteiger partial charge in [-0.3, -0.25) is 14.7 Å². The monoisotopic (exact) mass is 507 g/mol. The Morgan fingerprint density at radius 2 is 1.68 bits per heavy atom. The first-order valence-corrected chi connectivity index (χ1v) is 13.3. The van der Waals surface area contributed by atoms with Gasteiger partial charge in [0, 0.05) is 49.5 Å². The summed E-state index contributed by atoms with van der Waals surface area (Å²) in [6.45, 7) is 10.7. The Morgan fingerprint density at radius 1 is 0.895 bits per heavy atom. The number of hydrogen-bond acceptors (Lipinski definition) is 6. The van der Waals surface area contributed by atoms with Crippen LogP contribution in [0.5, 0.6) is 0 Å². The first kappa shape index (κ1) is 24.2. The Labute approximate surface area is 221 Å². The standard InChI is InChI=1S/C30H33N7O/c1-19(2)36-14-16-37(17-15-36)21-11-12-25-26(18-21)34-29(33-25)27-28(32-20(3)23-9-6-7-13-31-23)22-8-4-5-10-24(22)35-30(27)38/h4-13,18-20H,14-17H2,1-3H3,(H,33,34)(H2,32,35,38)/t20-/m0/s1. The number of anilines is 2. The van der Waals surface area contributed by atoms with Crippen molar-refractivity contribution in [2.75, 3.05) is 36.4 Å². The van der Waals surface area contributed by atoms with Gasteiger partial charge in [-0.15, -0.1) is 0 Å². The highest BCUT2D eigenvalue weighted by Crippen LogP contribution is 2.34. The number of fused-ring (bicyclic) bond motifs is 2. The second-order valence-corrected chi connectivity index (χ2v) is 10.3. The molecule has 0 amide bonds. The number of benzene rings is 2. The van der Waals surface area contributed by atoms with Gasteiger partial charge in [0.05, 0.1) is 34.0 Å². The summed E-state index contributed by atoms with van der Waals surface area (Å²) in [5, 5.41) is 4.50. The predicted octanol–water partition coefficient (Wildman–Crippen LogP) is 5.17. The maximum absolute atomic E-state index is 13.5. The second-order valence-electron chi connectivity index (χ2n) is 10.3. The first-order chi connectivity index (χ1) is 18.5. The largest absolute Gasteiger partial charge is 0.376 e. The lowest BCUT2D eigenvalue weighted by molar-refractivity contribution is 0.209. The van der Waals surface area contributed by atoms with Crippen molar-refractivity contribution >= 4 is 33.3 Å². The normalized spacial score (nSPS) is 15.4. The summed E-state index contributed by atoms with van der Waals surface area (Å²) in [5.41, 5.74) is 5.64. The zero-order valence-electron chi connectivity index (χ0n) is 22.0. The summed E-state index contributed by atoms with van der Waals surface area (Å²) in [7, 11) is 0. The molecule has 2 aromatic carbocycles. The molecule has 1 atom stereocenters. The first-order valence-electron chi connectivity index (χ1n) is 13.3. The molecule has 1 saturated heterocycles. The van der Waals surface area contributed by atoms with E-state index in [2.05, 4.69) is 56.0 Å². The summed E-state index contributed by atoms with van der Waals surface area (Å²) in [4.78, 5) is 34.3. The van der Waals surface area contributed by atoms with Gasteiger partial charge in [-0.05, 0) is 57.2 Å². The molecule has 1 fully saturated rings. The van der Waals surface area contributed by atoms with E-state index in [1.165, 1.54) is 5.69 Å². The molecule has 0 bridgehead atoms. The summed E-state index contributed by atoms with van der Waals surface area (Å²) in [6.07, 6.45) is 1.78. The predicted molar refractivity (Wildman–Crippen MR) is 155 cm³/mol. The fourth-order valence-electron chi connectivity index (χ4n) is 5.35. The van der Waals surface area contributed by atoms with Crippen LogP contribution in [0.3, 0.4) is 0 Å². The van der Waals surface area contributed by atoms with Crippen molar-refractivity contribution in [1.29, 1.82) is 0 Å². The molecule has 0 unspecified atom stereocenters. The van der Waals surface area contributed by atoms with Crippen molar-refractivity contribution in [3.63, 3.8) is 0 Å². The summed E-state index contributed by atoms with van der Waals surface area (Å²) in [6, 6.07) is 20.5. The lowest BCUT2D eigenvalue weighted by atomic mass is 10.1. The van der Waals surface area contributed by atoms with Crippen molar-refractivity contribution in [2.45, 2.75) is 32.9 Å². The molecule has 3 aromatic heterocycles. The van der Waals surface area contributed by atoms with E-state index < -0.39 is 0 Å². The Hall–Kier alpha value is -4.17. The summed E-state index contributed by atoms with van der Waals surface area (Å²) >= 11 is 0. The molecule has 8 heteroatoms. The minimum atomic E-state index is -0.191. The second kappa shape index (κ2) is 9.95. The number of para-hydroxylation sites is 1. The van der Waals surface area contributed by atoms with E-state index in [4.69, 9.17) is 4.98 Å². The number of H-pyrrole nitrogens is 2. The molecule has 6 rings (SSSR count). The van der Waals surface area contributed by atoms with Gasteiger partial charge in [0.25, 0.3) is 5.56 Å². The summed E-state index contributed by atoms with van der Waals surface area (Å²) < 4.78 is 0. The van der Waals surface area contributed by atoms with E-state index in [0.29, 0.717) is 17.4 Å². The Bertz CT molecular complexity index is 1630. The highest BCUT2D eigenvalue weighted by atomic mass is 16.1. The van der Waals surface area contributed by atoms with Crippen molar-refractivity contribution in [3.05, 3.63) is 82.9 Å². The molecule has 0 spiro atoms. The van der Waals surface area contributed by atoms with E-state index >= 15 is 0 Å². The van der Waals surface area contributed by atoms with Crippen LogP contribution in [-0.2, 0) is 0 Å². The SMILES string of the molecule is CC(C)N1CCN(c2ccc3nc(-c4c(N[C@@H](C)c5ccccn5)c5ccccc5[nH]c4=O)[nH]c3c2)CC1. The minimum absolute atomic E-state index is 0.111. The molecule has 8 nitrogen and oxygen atoms in total. The molecule has 0 aliphatic carbocycles. The van der Waals surface area contributed by atoms with Gasteiger partial charge < -0.3 is 20.2 Å². The molecule has 0 radical (unpaired) electrons. The third-order valence-electron chi connectivity index (χ3n) is 7.53. The Kier molecular flexibility index (Phi) is 6.33. The van der Waals surface area contributed by atoms with Crippen LogP contribution in [0.2, 0.25) is 0 Å². The van der Waals surface area contributed by atoms with Crippen molar-refractivity contribution in [3.8, 4) is 11.4 Å². The van der Waals surface area contributed by atoms with Gasteiger partial charge in [-0.2, -0.15) is 0 Å². The molecule has 4 heterocycles. The van der Waals surface area contributed by atoms with E-state index in [-0.39, 0.29) is 11.6 Å². The average Bonchev–Trinajstić information content (AvgIpc) is 3.36. The molecular formula is C30H33N7O. The number of rotatable bonds is 6. The molecule has 1 aliphatic rings. The highest BCUT2D eigenvalue weighted by molar-refractivity contribution is 5.99. The third-order valence-corrected chi connectivity index (χ3v) is 7.53. The lowest BCUT2D eigenvalue weighted by Gasteiger charge is -2.38. The van der Waals surface area contributed by atoms with E-state index in [1.54, 1.807) is 6.20 Å². The van der Waals surface area contributed by atoms with Crippen molar-refractivity contribution in [2.24, 2.45) is 0 Å². The van der Waals surface area contributed by atoms with Crippen LogP contribution < -0.4 is 15.8 Å². The van der Waals surface area contributed by atoms with Crippen molar-refractivity contribution in [1.82, 2.24) is 24.8 Å². The zero-order valence-corrected chi connectivity index (χ0v) is 22.0. The number of aromatic nitrogens is 4. The van der Waals surface area contributed by atoms with Crippen LogP contribution in [0.1, 0.15) is 32.5 Å². The summed E-state index contributed by atoms with van der Waals surface area (Å²) in [5.74, 6) is 0.546. The van der Waals surface area contributed by atoms with Crippen molar-refractivity contribution < 1.29 is 0 Å². The molecule has 1 aliphatic heterocycles. The number of nitrogens with one attached hydrogen (secondary N) is 3. The Morgan fingerprint density at radius 3 is 2.45 bits per heavy atom. The van der Waals surface area contributed by atoms with Crippen LogP contribution in [0.25, 0.3) is 33.3 Å². The van der Waals surface area contributed by atoms with Crippen LogP contribution in [0, 0.1) is 0 Å².